The minimum Gasteiger partial charge on any atom is -0.484 e. The Hall–Kier alpha value is -2.82. The number of aryl methyl sites for hydroxylation is 2. The number of carbonyl (C=O) groups is 2. The molecule has 2 aromatic carbocycles. The number of hydrogen-bond acceptors (Lipinski definition) is 3. The minimum absolute atomic E-state index is 0.0612. The second-order valence-electron chi connectivity index (χ2n) is 7.80. The summed E-state index contributed by atoms with van der Waals surface area (Å²) in [4.78, 5) is 27.7. The third-order valence-corrected chi connectivity index (χ3v) is 5.31. The number of para-hydroxylation sites is 1. The van der Waals surface area contributed by atoms with Gasteiger partial charge in [0, 0.05) is 12.6 Å². The summed E-state index contributed by atoms with van der Waals surface area (Å²) in [5.74, 6) is 0.353. The maximum atomic E-state index is 13.2. The molecule has 0 spiro atoms. The number of ether oxygens (including phenoxy) is 1. The summed E-state index contributed by atoms with van der Waals surface area (Å²) in [6.07, 6.45) is 1.37. The number of benzene rings is 2. The summed E-state index contributed by atoms with van der Waals surface area (Å²) in [5.41, 5.74) is 3.11. The molecule has 0 fully saturated rings. The van der Waals surface area contributed by atoms with Gasteiger partial charge in [-0.1, -0.05) is 61.9 Å². The summed E-state index contributed by atoms with van der Waals surface area (Å²) in [6.45, 7) is 10.1. The molecule has 2 rings (SSSR count). The first kappa shape index (κ1) is 23.5. The van der Waals surface area contributed by atoms with Crippen molar-refractivity contribution in [2.45, 2.75) is 66.1 Å². The van der Waals surface area contributed by atoms with Gasteiger partial charge in [0.05, 0.1) is 0 Å². The van der Waals surface area contributed by atoms with E-state index in [1.54, 1.807) is 4.90 Å². The van der Waals surface area contributed by atoms with E-state index in [4.69, 9.17) is 4.74 Å². The highest BCUT2D eigenvalue weighted by molar-refractivity contribution is 5.88. The number of nitrogens with one attached hydrogen (secondary N) is 1. The molecule has 2 atom stereocenters. The van der Waals surface area contributed by atoms with Gasteiger partial charge in [-0.15, -0.1) is 0 Å². The molecule has 0 aromatic heterocycles. The Morgan fingerprint density at radius 1 is 1.00 bits per heavy atom. The van der Waals surface area contributed by atoms with Gasteiger partial charge in [0.15, 0.2) is 6.61 Å². The van der Waals surface area contributed by atoms with Crippen molar-refractivity contribution < 1.29 is 14.3 Å². The summed E-state index contributed by atoms with van der Waals surface area (Å²) in [6, 6.07) is 15.1. The van der Waals surface area contributed by atoms with Crippen LogP contribution in [0.5, 0.6) is 5.75 Å². The van der Waals surface area contributed by atoms with Crippen molar-refractivity contribution >= 4 is 11.8 Å². The van der Waals surface area contributed by atoms with E-state index in [0.29, 0.717) is 18.7 Å². The normalized spacial score (nSPS) is 12.7. The first-order valence-electron chi connectivity index (χ1n) is 10.7. The number of rotatable bonds is 10. The number of carbonyl (C=O) groups excluding carboxylic acids is 2. The summed E-state index contributed by atoms with van der Waals surface area (Å²) in [7, 11) is 0. The summed E-state index contributed by atoms with van der Waals surface area (Å²) >= 11 is 0. The molecule has 1 N–H and O–H groups in total. The Kier molecular flexibility index (Phi) is 8.90. The Labute approximate surface area is 180 Å². The van der Waals surface area contributed by atoms with Crippen LogP contribution in [0.4, 0.5) is 0 Å². The zero-order valence-corrected chi connectivity index (χ0v) is 18.8. The lowest BCUT2D eigenvalue weighted by Gasteiger charge is -2.31. The fraction of sp³-hybridized carbons (Fsp3) is 0.440. The van der Waals surface area contributed by atoms with E-state index >= 15 is 0 Å². The molecule has 5 nitrogen and oxygen atoms in total. The van der Waals surface area contributed by atoms with Gasteiger partial charge in [0.2, 0.25) is 5.91 Å². The molecule has 2 amide bonds. The van der Waals surface area contributed by atoms with Gasteiger partial charge in [-0.2, -0.15) is 0 Å². The molecule has 0 aliphatic heterocycles. The molecular formula is C25H34N2O3. The van der Waals surface area contributed by atoms with Crippen molar-refractivity contribution in [1.82, 2.24) is 10.2 Å². The largest absolute Gasteiger partial charge is 0.484 e. The third-order valence-electron chi connectivity index (χ3n) is 5.31. The van der Waals surface area contributed by atoms with Crippen molar-refractivity contribution in [2.75, 3.05) is 6.61 Å². The van der Waals surface area contributed by atoms with Crippen LogP contribution < -0.4 is 10.1 Å². The van der Waals surface area contributed by atoms with Gasteiger partial charge < -0.3 is 15.0 Å². The van der Waals surface area contributed by atoms with Crippen LogP contribution in [-0.2, 0) is 16.1 Å². The van der Waals surface area contributed by atoms with Gasteiger partial charge in [-0.25, -0.2) is 0 Å². The van der Waals surface area contributed by atoms with Crippen LogP contribution in [0.25, 0.3) is 0 Å². The Morgan fingerprint density at radius 2 is 1.67 bits per heavy atom. The van der Waals surface area contributed by atoms with Crippen LogP contribution in [0.2, 0.25) is 0 Å². The van der Waals surface area contributed by atoms with E-state index in [0.717, 1.165) is 23.1 Å². The number of amides is 2. The minimum atomic E-state index is -0.548. The Bertz CT molecular complexity index is 833. The zero-order valence-electron chi connectivity index (χ0n) is 18.8. The quantitative estimate of drug-likeness (QED) is 0.631. The van der Waals surface area contributed by atoms with E-state index < -0.39 is 6.04 Å². The predicted octanol–water partition coefficient (Wildman–Crippen LogP) is 4.40. The topological polar surface area (TPSA) is 58.6 Å². The summed E-state index contributed by atoms with van der Waals surface area (Å²) in [5, 5.41) is 3.02. The molecule has 2 unspecified atom stereocenters. The average molecular weight is 411 g/mol. The maximum Gasteiger partial charge on any atom is 0.261 e. The molecule has 30 heavy (non-hydrogen) atoms. The molecule has 0 saturated carbocycles. The van der Waals surface area contributed by atoms with Crippen molar-refractivity contribution in [1.29, 1.82) is 0 Å². The number of hydrogen-bond donors (Lipinski definition) is 1. The van der Waals surface area contributed by atoms with Crippen LogP contribution in [-0.4, -0.2) is 35.4 Å². The van der Waals surface area contributed by atoms with E-state index in [1.807, 2.05) is 83.1 Å². The Balaban J connectivity index is 2.21. The highest BCUT2D eigenvalue weighted by atomic mass is 16.5. The van der Waals surface area contributed by atoms with Crippen molar-refractivity contribution in [3.05, 3.63) is 65.2 Å². The van der Waals surface area contributed by atoms with E-state index in [2.05, 4.69) is 5.32 Å². The van der Waals surface area contributed by atoms with Crippen LogP contribution in [0.1, 0.15) is 50.3 Å². The van der Waals surface area contributed by atoms with Crippen molar-refractivity contribution in [3.63, 3.8) is 0 Å². The van der Waals surface area contributed by atoms with Crippen LogP contribution >= 0.6 is 0 Å². The summed E-state index contributed by atoms with van der Waals surface area (Å²) < 4.78 is 5.79. The first-order chi connectivity index (χ1) is 14.3. The fourth-order valence-corrected chi connectivity index (χ4v) is 3.19. The number of nitrogens with zero attached hydrogens (tertiary/aromatic N) is 1. The molecule has 0 bridgehead atoms. The lowest BCUT2D eigenvalue weighted by Crippen LogP contribution is -2.51. The molecular weight excluding hydrogens is 376 g/mol. The monoisotopic (exact) mass is 410 g/mol. The lowest BCUT2D eigenvalue weighted by molar-refractivity contribution is -0.143. The standard InChI is InChI=1S/C25H34N2O3/c1-6-20(5)26-25(29)22(7-2)27(16-21-14-12-18(3)13-15-21)24(28)17-30-23-11-9-8-10-19(23)4/h8-15,20,22H,6-7,16-17H2,1-5H3,(H,26,29). The molecule has 0 aliphatic carbocycles. The third kappa shape index (κ3) is 6.61. The smallest absolute Gasteiger partial charge is 0.261 e. The van der Waals surface area contributed by atoms with Crippen molar-refractivity contribution in [3.8, 4) is 5.75 Å². The molecule has 5 heteroatoms. The van der Waals surface area contributed by atoms with Crippen LogP contribution in [0, 0.1) is 13.8 Å². The SMILES string of the molecule is CCC(C)NC(=O)C(CC)N(Cc1ccc(C)cc1)C(=O)COc1ccccc1C. The van der Waals surface area contributed by atoms with Gasteiger partial charge >= 0.3 is 0 Å². The molecule has 0 saturated heterocycles. The van der Waals surface area contributed by atoms with Crippen LogP contribution in [0.3, 0.4) is 0 Å². The van der Waals surface area contributed by atoms with E-state index in [9.17, 15) is 9.59 Å². The molecule has 0 heterocycles. The van der Waals surface area contributed by atoms with Crippen LogP contribution in [0.15, 0.2) is 48.5 Å². The average Bonchev–Trinajstić information content (AvgIpc) is 2.74. The van der Waals surface area contributed by atoms with Gasteiger partial charge in [0.1, 0.15) is 11.8 Å². The lowest BCUT2D eigenvalue weighted by atomic mass is 10.1. The highest BCUT2D eigenvalue weighted by Crippen LogP contribution is 2.18. The van der Waals surface area contributed by atoms with Gasteiger partial charge in [-0.3, -0.25) is 9.59 Å². The zero-order chi connectivity index (χ0) is 22.1. The highest BCUT2D eigenvalue weighted by Gasteiger charge is 2.29. The fourth-order valence-electron chi connectivity index (χ4n) is 3.19. The second kappa shape index (κ2) is 11.4. The van der Waals surface area contributed by atoms with Gasteiger partial charge in [0.25, 0.3) is 5.91 Å². The molecule has 162 valence electrons. The van der Waals surface area contributed by atoms with Crippen molar-refractivity contribution in [2.24, 2.45) is 0 Å². The van der Waals surface area contributed by atoms with E-state index in [1.165, 1.54) is 0 Å². The van der Waals surface area contributed by atoms with Gasteiger partial charge in [-0.05, 0) is 50.8 Å². The first-order valence-corrected chi connectivity index (χ1v) is 10.7. The van der Waals surface area contributed by atoms with E-state index in [-0.39, 0.29) is 24.5 Å². The molecule has 0 aliphatic rings. The molecule has 2 aromatic rings. The maximum absolute atomic E-state index is 13.2. The predicted molar refractivity (Wildman–Crippen MR) is 120 cm³/mol. The molecule has 0 radical (unpaired) electrons. The Morgan fingerprint density at radius 3 is 2.27 bits per heavy atom. The second-order valence-corrected chi connectivity index (χ2v) is 7.80.